The summed E-state index contributed by atoms with van der Waals surface area (Å²) >= 11 is 3.35. The van der Waals surface area contributed by atoms with Crippen LogP contribution in [0.25, 0.3) is 0 Å². The molecule has 0 fully saturated rings. The maximum absolute atomic E-state index is 12.6. The lowest BCUT2D eigenvalue weighted by Crippen LogP contribution is -2.20. The van der Waals surface area contributed by atoms with Crippen molar-refractivity contribution >= 4 is 39.1 Å². The zero-order valence-electron chi connectivity index (χ0n) is 17.7. The fourth-order valence-electron chi connectivity index (χ4n) is 2.88. The van der Waals surface area contributed by atoms with Gasteiger partial charge in [0.25, 0.3) is 11.8 Å². The number of halogens is 1. The lowest BCUT2D eigenvalue weighted by molar-refractivity contribution is -0.118. The molecule has 5 nitrogen and oxygen atoms in total. The number of rotatable bonds is 6. The smallest absolute Gasteiger partial charge is 0.262 e. The van der Waals surface area contributed by atoms with Gasteiger partial charge in [-0.1, -0.05) is 54.9 Å². The Balaban J connectivity index is 1.57. The number of benzene rings is 3. The van der Waals surface area contributed by atoms with E-state index in [0.29, 0.717) is 22.7 Å². The number of carbonyl (C=O) groups is 2. The molecule has 0 aliphatic heterocycles. The van der Waals surface area contributed by atoms with Crippen LogP contribution in [0.1, 0.15) is 36.7 Å². The monoisotopic (exact) mass is 480 g/mol. The van der Waals surface area contributed by atoms with Gasteiger partial charge in [0.15, 0.2) is 6.61 Å². The fraction of sp³-hybridized carbons (Fsp3) is 0.200. The molecule has 3 aromatic carbocycles. The molecule has 0 saturated heterocycles. The first-order chi connectivity index (χ1) is 14.7. The van der Waals surface area contributed by atoms with Gasteiger partial charge in [0, 0.05) is 21.4 Å². The molecule has 0 unspecified atom stereocenters. The van der Waals surface area contributed by atoms with E-state index in [1.807, 2.05) is 36.4 Å². The SMILES string of the molecule is CC(C)(C)c1ccc(C(=O)Nc2cccc(NC(=O)COc3ccc(Br)cc3)c2)cc1. The van der Waals surface area contributed by atoms with E-state index in [9.17, 15) is 9.59 Å². The highest BCUT2D eigenvalue weighted by molar-refractivity contribution is 9.10. The first kappa shape index (κ1) is 22.6. The van der Waals surface area contributed by atoms with Gasteiger partial charge in [-0.3, -0.25) is 9.59 Å². The number of hydrogen-bond acceptors (Lipinski definition) is 3. The highest BCUT2D eigenvalue weighted by Gasteiger charge is 2.14. The van der Waals surface area contributed by atoms with Gasteiger partial charge in [-0.25, -0.2) is 0 Å². The number of anilines is 2. The van der Waals surface area contributed by atoms with Crippen molar-refractivity contribution in [2.24, 2.45) is 0 Å². The van der Waals surface area contributed by atoms with Crippen molar-refractivity contribution in [3.63, 3.8) is 0 Å². The molecule has 6 heteroatoms. The molecule has 2 amide bonds. The Morgan fingerprint density at radius 1 is 0.871 bits per heavy atom. The Hall–Kier alpha value is -3.12. The summed E-state index contributed by atoms with van der Waals surface area (Å²) < 4.78 is 6.42. The van der Waals surface area contributed by atoms with Crippen molar-refractivity contribution < 1.29 is 14.3 Å². The molecule has 2 N–H and O–H groups in total. The van der Waals surface area contributed by atoms with E-state index in [-0.39, 0.29) is 23.8 Å². The van der Waals surface area contributed by atoms with Crippen LogP contribution in [0.15, 0.2) is 77.3 Å². The van der Waals surface area contributed by atoms with Crippen LogP contribution in [-0.2, 0) is 10.2 Å². The third-order valence-electron chi connectivity index (χ3n) is 4.60. The van der Waals surface area contributed by atoms with Gasteiger partial charge in [0.2, 0.25) is 0 Å². The molecule has 3 aromatic rings. The summed E-state index contributed by atoms with van der Waals surface area (Å²) in [6.45, 7) is 6.28. The van der Waals surface area contributed by atoms with Crippen LogP contribution >= 0.6 is 15.9 Å². The van der Waals surface area contributed by atoms with E-state index >= 15 is 0 Å². The minimum atomic E-state index is -0.288. The average Bonchev–Trinajstić information content (AvgIpc) is 2.73. The molecule has 0 spiro atoms. The standard InChI is InChI=1S/C25H25BrN2O3/c1-25(2,3)18-9-7-17(8-10-18)24(30)28-21-6-4-5-20(15-21)27-23(29)16-31-22-13-11-19(26)12-14-22/h4-15H,16H2,1-3H3,(H,27,29)(H,28,30). The minimum Gasteiger partial charge on any atom is -0.484 e. The lowest BCUT2D eigenvalue weighted by atomic mass is 9.87. The van der Waals surface area contributed by atoms with Crippen molar-refractivity contribution in [1.82, 2.24) is 0 Å². The highest BCUT2D eigenvalue weighted by Crippen LogP contribution is 2.23. The maximum atomic E-state index is 12.6. The maximum Gasteiger partial charge on any atom is 0.262 e. The van der Waals surface area contributed by atoms with Crippen LogP contribution in [0.5, 0.6) is 5.75 Å². The van der Waals surface area contributed by atoms with Crippen LogP contribution in [-0.4, -0.2) is 18.4 Å². The van der Waals surface area contributed by atoms with Gasteiger partial charge in [0.1, 0.15) is 5.75 Å². The topological polar surface area (TPSA) is 67.4 Å². The number of ether oxygens (including phenoxy) is 1. The van der Waals surface area contributed by atoms with Crippen LogP contribution in [0.4, 0.5) is 11.4 Å². The van der Waals surface area contributed by atoms with Gasteiger partial charge in [-0.05, 0) is 65.6 Å². The van der Waals surface area contributed by atoms with Crippen LogP contribution in [0, 0.1) is 0 Å². The summed E-state index contributed by atoms with van der Waals surface area (Å²) in [4.78, 5) is 24.8. The lowest BCUT2D eigenvalue weighted by Gasteiger charge is -2.19. The van der Waals surface area contributed by atoms with Gasteiger partial charge < -0.3 is 15.4 Å². The second-order valence-electron chi connectivity index (χ2n) is 8.15. The van der Waals surface area contributed by atoms with E-state index in [4.69, 9.17) is 4.74 Å². The number of amides is 2. The van der Waals surface area contributed by atoms with Crippen LogP contribution < -0.4 is 15.4 Å². The number of hydrogen-bond donors (Lipinski definition) is 2. The fourth-order valence-corrected chi connectivity index (χ4v) is 3.14. The largest absolute Gasteiger partial charge is 0.484 e. The molecule has 0 aliphatic rings. The van der Waals surface area contributed by atoms with E-state index in [1.165, 1.54) is 5.56 Å². The average molecular weight is 481 g/mol. The van der Waals surface area contributed by atoms with Crippen molar-refractivity contribution in [2.45, 2.75) is 26.2 Å². The van der Waals surface area contributed by atoms with Crippen molar-refractivity contribution in [1.29, 1.82) is 0 Å². The zero-order valence-corrected chi connectivity index (χ0v) is 19.3. The van der Waals surface area contributed by atoms with Crippen LogP contribution in [0.2, 0.25) is 0 Å². The number of nitrogens with one attached hydrogen (secondary N) is 2. The zero-order chi connectivity index (χ0) is 22.4. The second kappa shape index (κ2) is 9.79. The Kier molecular flexibility index (Phi) is 7.13. The summed E-state index contributed by atoms with van der Waals surface area (Å²) in [6.07, 6.45) is 0. The first-order valence-electron chi connectivity index (χ1n) is 9.91. The Labute approximate surface area is 191 Å². The van der Waals surface area contributed by atoms with Gasteiger partial charge in [0.05, 0.1) is 0 Å². The summed E-state index contributed by atoms with van der Waals surface area (Å²) in [7, 11) is 0. The predicted molar refractivity (Wildman–Crippen MR) is 128 cm³/mol. The van der Waals surface area contributed by atoms with Crippen LogP contribution in [0.3, 0.4) is 0 Å². The third-order valence-corrected chi connectivity index (χ3v) is 5.13. The first-order valence-corrected chi connectivity index (χ1v) is 10.7. The van der Waals surface area contributed by atoms with Crippen molar-refractivity contribution in [3.8, 4) is 5.75 Å². The molecule has 3 rings (SSSR count). The Morgan fingerprint density at radius 2 is 1.48 bits per heavy atom. The molecule has 160 valence electrons. The van der Waals surface area contributed by atoms with E-state index in [0.717, 1.165) is 4.47 Å². The van der Waals surface area contributed by atoms with Gasteiger partial charge in [-0.15, -0.1) is 0 Å². The molecule has 0 bridgehead atoms. The van der Waals surface area contributed by atoms with Crippen molar-refractivity contribution in [2.75, 3.05) is 17.2 Å². The molecule has 31 heavy (non-hydrogen) atoms. The van der Waals surface area contributed by atoms with Gasteiger partial charge in [-0.2, -0.15) is 0 Å². The molecule has 0 saturated carbocycles. The van der Waals surface area contributed by atoms with Gasteiger partial charge >= 0.3 is 0 Å². The second-order valence-corrected chi connectivity index (χ2v) is 9.07. The number of carbonyl (C=O) groups excluding carboxylic acids is 2. The summed E-state index contributed by atoms with van der Waals surface area (Å²) in [6, 6.07) is 21.8. The summed E-state index contributed by atoms with van der Waals surface area (Å²) in [5.41, 5.74) is 2.94. The molecule has 0 radical (unpaired) electrons. The van der Waals surface area contributed by atoms with E-state index in [1.54, 1.807) is 36.4 Å². The minimum absolute atomic E-state index is 0.0304. The molecule has 0 aromatic heterocycles. The van der Waals surface area contributed by atoms with E-state index in [2.05, 4.69) is 47.3 Å². The van der Waals surface area contributed by atoms with E-state index < -0.39 is 0 Å². The Bertz CT molecular complexity index is 1060. The molecule has 0 atom stereocenters. The predicted octanol–water partition coefficient (Wildman–Crippen LogP) is 6.02. The molecule has 0 heterocycles. The van der Waals surface area contributed by atoms with Crippen molar-refractivity contribution in [3.05, 3.63) is 88.4 Å². The summed E-state index contributed by atoms with van der Waals surface area (Å²) in [5, 5.41) is 5.64. The molecular weight excluding hydrogens is 456 g/mol. The molecule has 0 aliphatic carbocycles. The normalized spacial score (nSPS) is 11.0. The highest BCUT2D eigenvalue weighted by atomic mass is 79.9. The Morgan fingerprint density at radius 3 is 2.10 bits per heavy atom. The summed E-state index contributed by atoms with van der Waals surface area (Å²) in [5.74, 6) is 0.114. The molecular formula is C25H25BrN2O3. The quantitative estimate of drug-likeness (QED) is 0.453. The third kappa shape index (κ3) is 6.69.